The van der Waals surface area contributed by atoms with Gasteiger partial charge in [0.25, 0.3) is 5.91 Å². The molecule has 0 N–H and O–H groups in total. The molecule has 5 nitrogen and oxygen atoms in total. The number of hydrogen-bond acceptors (Lipinski definition) is 5. The van der Waals surface area contributed by atoms with Crippen molar-refractivity contribution in [1.82, 2.24) is 14.9 Å². The number of aromatic nitrogens is 2. The highest BCUT2D eigenvalue weighted by Gasteiger charge is 2.32. The van der Waals surface area contributed by atoms with E-state index in [1.807, 2.05) is 11.2 Å². The summed E-state index contributed by atoms with van der Waals surface area (Å²) in [6, 6.07) is 0.314. The van der Waals surface area contributed by atoms with Crippen molar-refractivity contribution in [2.75, 3.05) is 26.0 Å². The lowest BCUT2D eigenvalue weighted by Gasteiger charge is -2.37. The quantitative estimate of drug-likeness (QED) is 0.604. The Morgan fingerprint density at radius 2 is 2.21 bits per heavy atom. The Morgan fingerprint density at radius 3 is 2.95 bits per heavy atom. The van der Waals surface area contributed by atoms with Crippen molar-refractivity contribution in [2.24, 2.45) is 0 Å². The molecule has 0 radical (unpaired) electrons. The number of thioether (sulfide) groups is 1. The topological polar surface area (TPSA) is 55.3 Å². The molecule has 1 saturated heterocycles. The number of fused-ring (bicyclic) bond motifs is 1. The van der Waals surface area contributed by atoms with Gasteiger partial charge in [-0.1, -0.05) is 11.8 Å². The lowest BCUT2D eigenvalue weighted by atomic mass is 10.0. The molecule has 0 saturated carbocycles. The molecule has 3 rings (SSSR count). The Labute approximate surface area is 116 Å². The van der Waals surface area contributed by atoms with Crippen molar-refractivity contribution < 1.29 is 9.53 Å². The molecule has 0 unspecified atom stereocenters. The zero-order valence-corrected chi connectivity index (χ0v) is 11.8. The molecule has 6 heteroatoms. The minimum Gasteiger partial charge on any atom is -0.381 e. The molecule has 2 aliphatic heterocycles. The monoisotopic (exact) mass is 279 g/mol. The van der Waals surface area contributed by atoms with Gasteiger partial charge in [-0.25, -0.2) is 9.97 Å². The Bertz CT molecular complexity index is 489. The molecule has 1 aromatic heterocycles. The van der Waals surface area contributed by atoms with E-state index in [4.69, 9.17) is 4.74 Å². The molecule has 0 aromatic carbocycles. The van der Waals surface area contributed by atoms with E-state index < -0.39 is 0 Å². The van der Waals surface area contributed by atoms with E-state index in [0.717, 1.165) is 49.9 Å². The van der Waals surface area contributed by atoms with Crippen molar-refractivity contribution in [3.63, 3.8) is 0 Å². The summed E-state index contributed by atoms with van der Waals surface area (Å²) < 4.78 is 5.36. The van der Waals surface area contributed by atoms with Crippen LogP contribution in [-0.4, -0.2) is 52.8 Å². The van der Waals surface area contributed by atoms with Crippen LogP contribution in [0.25, 0.3) is 0 Å². The Morgan fingerprint density at radius 1 is 1.42 bits per heavy atom. The van der Waals surface area contributed by atoms with Gasteiger partial charge in [0.1, 0.15) is 0 Å². The minimum atomic E-state index is 0.0841. The number of nitrogens with zero attached hydrogens (tertiary/aromatic N) is 3. The van der Waals surface area contributed by atoms with E-state index >= 15 is 0 Å². The first kappa shape index (κ1) is 12.9. The van der Waals surface area contributed by atoms with Crippen molar-refractivity contribution >= 4 is 17.7 Å². The van der Waals surface area contributed by atoms with E-state index in [2.05, 4.69) is 9.97 Å². The van der Waals surface area contributed by atoms with E-state index in [0.29, 0.717) is 11.6 Å². The number of carbonyl (C=O) groups excluding carboxylic acids is 1. The summed E-state index contributed by atoms with van der Waals surface area (Å²) in [6.45, 7) is 2.27. The maximum Gasteiger partial charge on any atom is 0.257 e. The predicted molar refractivity (Wildman–Crippen MR) is 72.4 cm³/mol. The molecule has 0 spiro atoms. The summed E-state index contributed by atoms with van der Waals surface area (Å²) in [5.41, 5.74) is 1.57. The first-order chi connectivity index (χ1) is 9.29. The van der Waals surface area contributed by atoms with Gasteiger partial charge in [-0.2, -0.15) is 0 Å². The predicted octanol–water partition coefficient (Wildman–Crippen LogP) is 1.38. The summed E-state index contributed by atoms with van der Waals surface area (Å²) in [6.07, 6.45) is 6.33. The van der Waals surface area contributed by atoms with Crippen LogP contribution in [0.2, 0.25) is 0 Å². The first-order valence-electron chi connectivity index (χ1n) is 6.58. The third kappa shape index (κ3) is 2.47. The number of amides is 1. The largest absolute Gasteiger partial charge is 0.381 e. The van der Waals surface area contributed by atoms with Crippen LogP contribution in [0.15, 0.2) is 11.4 Å². The average molecular weight is 279 g/mol. The number of ether oxygens (including phenoxy) is 1. The molecule has 102 valence electrons. The number of hydrogen-bond donors (Lipinski definition) is 0. The van der Waals surface area contributed by atoms with E-state index in [1.165, 1.54) is 11.8 Å². The van der Waals surface area contributed by atoms with Crippen LogP contribution in [0, 0.1) is 0 Å². The molecule has 19 heavy (non-hydrogen) atoms. The van der Waals surface area contributed by atoms with Crippen LogP contribution in [0.4, 0.5) is 0 Å². The lowest BCUT2D eigenvalue weighted by Crippen LogP contribution is -2.47. The molecular formula is C13H17N3O2S. The summed E-state index contributed by atoms with van der Waals surface area (Å²) >= 11 is 1.51. The molecule has 2 aliphatic rings. The van der Waals surface area contributed by atoms with E-state index in [9.17, 15) is 4.79 Å². The van der Waals surface area contributed by atoms with Gasteiger partial charge in [0.15, 0.2) is 5.16 Å². The zero-order chi connectivity index (χ0) is 13.2. The van der Waals surface area contributed by atoms with Crippen molar-refractivity contribution in [1.29, 1.82) is 0 Å². The first-order valence-corrected chi connectivity index (χ1v) is 7.80. The van der Waals surface area contributed by atoms with Gasteiger partial charge in [-0.05, 0) is 19.1 Å². The second-order valence-electron chi connectivity index (χ2n) is 4.81. The fraction of sp³-hybridized carbons (Fsp3) is 0.615. The molecular weight excluding hydrogens is 262 g/mol. The smallest absolute Gasteiger partial charge is 0.257 e. The molecule has 1 aromatic rings. The van der Waals surface area contributed by atoms with Gasteiger partial charge < -0.3 is 9.64 Å². The second kappa shape index (κ2) is 5.46. The average Bonchev–Trinajstić information content (AvgIpc) is 2.48. The van der Waals surface area contributed by atoms with Crippen molar-refractivity contribution in [3.8, 4) is 0 Å². The Hall–Kier alpha value is -1.14. The second-order valence-corrected chi connectivity index (χ2v) is 5.58. The SMILES string of the molecule is CSc1ncc2c(n1)CCN(C1CCOCC1)C2=O. The fourth-order valence-corrected chi connectivity index (χ4v) is 3.05. The van der Waals surface area contributed by atoms with Gasteiger partial charge in [-0.3, -0.25) is 4.79 Å². The molecule has 0 bridgehead atoms. The van der Waals surface area contributed by atoms with Gasteiger partial charge in [0.05, 0.1) is 11.3 Å². The van der Waals surface area contributed by atoms with Crippen LogP contribution >= 0.6 is 11.8 Å². The summed E-state index contributed by atoms with van der Waals surface area (Å²) in [4.78, 5) is 23.2. The minimum absolute atomic E-state index is 0.0841. The molecule has 1 fully saturated rings. The summed E-state index contributed by atoms with van der Waals surface area (Å²) in [5.74, 6) is 0.0841. The van der Waals surface area contributed by atoms with Crippen LogP contribution in [0.1, 0.15) is 28.9 Å². The maximum atomic E-state index is 12.5. The summed E-state index contributed by atoms with van der Waals surface area (Å²) in [5, 5.41) is 0.742. The van der Waals surface area contributed by atoms with Crippen molar-refractivity contribution in [3.05, 3.63) is 17.5 Å². The van der Waals surface area contributed by atoms with Crippen LogP contribution in [0.5, 0.6) is 0 Å². The zero-order valence-electron chi connectivity index (χ0n) is 11.0. The summed E-state index contributed by atoms with van der Waals surface area (Å²) in [7, 11) is 0. The molecule has 3 heterocycles. The highest BCUT2D eigenvalue weighted by molar-refractivity contribution is 7.98. The van der Waals surface area contributed by atoms with Crippen LogP contribution < -0.4 is 0 Å². The third-order valence-electron chi connectivity index (χ3n) is 3.74. The maximum absolute atomic E-state index is 12.5. The fourth-order valence-electron chi connectivity index (χ4n) is 2.69. The Balaban J connectivity index is 1.83. The molecule has 0 atom stereocenters. The van der Waals surface area contributed by atoms with E-state index in [1.54, 1.807) is 6.20 Å². The van der Waals surface area contributed by atoms with E-state index in [-0.39, 0.29) is 5.91 Å². The highest BCUT2D eigenvalue weighted by Crippen LogP contribution is 2.24. The van der Waals surface area contributed by atoms with Gasteiger partial charge in [-0.15, -0.1) is 0 Å². The lowest BCUT2D eigenvalue weighted by molar-refractivity contribution is 0.0274. The van der Waals surface area contributed by atoms with Crippen LogP contribution in [0.3, 0.4) is 0 Å². The Kier molecular flexibility index (Phi) is 3.70. The molecule has 1 amide bonds. The van der Waals surface area contributed by atoms with Crippen LogP contribution in [-0.2, 0) is 11.2 Å². The van der Waals surface area contributed by atoms with Gasteiger partial charge in [0, 0.05) is 38.4 Å². The molecule has 0 aliphatic carbocycles. The third-order valence-corrected chi connectivity index (χ3v) is 4.30. The van der Waals surface area contributed by atoms with Gasteiger partial charge >= 0.3 is 0 Å². The normalized spacial score (nSPS) is 20.5. The standard InChI is InChI=1S/C13H17N3O2S/c1-19-13-14-8-10-11(15-13)2-5-16(12(10)17)9-3-6-18-7-4-9/h8-9H,2-7H2,1H3. The highest BCUT2D eigenvalue weighted by atomic mass is 32.2. The van der Waals surface area contributed by atoms with Crippen molar-refractivity contribution in [2.45, 2.75) is 30.5 Å². The van der Waals surface area contributed by atoms with Gasteiger partial charge in [0.2, 0.25) is 0 Å². The number of rotatable bonds is 2. The number of carbonyl (C=O) groups is 1.